The van der Waals surface area contributed by atoms with Crippen LogP contribution in [0.25, 0.3) is 0 Å². The van der Waals surface area contributed by atoms with E-state index in [1.54, 1.807) is 0 Å². The highest BCUT2D eigenvalue weighted by Crippen LogP contribution is 2.16. The monoisotopic (exact) mass is 240 g/mol. The van der Waals surface area contributed by atoms with Crippen LogP contribution in [0.2, 0.25) is 0 Å². The van der Waals surface area contributed by atoms with Crippen LogP contribution in [0.4, 0.5) is 14.5 Å². The molecule has 0 saturated heterocycles. The summed E-state index contributed by atoms with van der Waals surface area (Å²) in [6.45, 7) is 3.45. The summed E-state index contributed by atoms with van der Waals surface area (Å²) in [6.07, 6.45) is 1.38. The quantitative estimate of drug-likeness (QED) is 0.616. The highest BCUT2D eigenvalue weighted by atomic mass is 19.2. The Bertz CT molecular complexity index is 461. The number of rotatable bonds is 3. The predicted octanol–water partition coefficient (Wildman–Crippen LogP) is 1.21. The molecule has 0 spiro atoms. The zero-order valence-corrected chi connectivity index (χ0v) is 8.80. The lowest BCUT2D eigenvalue weighted by Crippen LogP contribution is -2.35. The van der Waals surface area contributed by atoms with Crippen LogP contribution in [0.15, 0.2) is 30.9 Å². The van der Waals surface area contributed by atoms with Gasteiger partial charge in [0.2, 0.25) is 0 Å². The Balaban J connectivity index is 2.71. The molecule has 0 aromatic heterocycles. The van der Waals surface area contributed by atoms with Crippen LogP contribution in [-0.2, 0) is 9.59 Å². The van der Waals surface area contributed by atoms with E-state index in [2.05, 4.69) is 11.9 Å². The smallest absolute Gasteiger partial charge is 0.313 e. The molecule has 4 nitrogen and oxygen atoms in total. The van der Waals surface area contributed by atoms with Crippen molar-refractivity contribution in [1.29, 1.82) is 0 Å². The molecule has 0 aliphatic carbocycles. The maximum absolute atomic E-state index is 13.1. The van der Waals surface area contributed by atoms with Gasteiger partial charge in [0.15, 0.2) is 11.6 Å². The number of halogens is 2. The number of carbonyl (C=O) groups excluding carboxylic acids is 2. The molecule has 1 rings (SSSR count). The van der Waals surface area contributed by atoms with Crippen molar-refractivity contribution in [3.05, 3.63) is 42.5 Å². The summed E-state index contributed by atoms with van der Waals surface area (Å²) in [5.74, 6) is -4.34. The Morgan fingerprint density at radius 2 is 2.00 bits per heavy atom. The Kier molecular flexibility index (Phi) is 4.33. The van der Waals surface area contributed by atoms with E-state index in [0.717, 1.165) is 12.1 Å². The van der Waals surface area contributed by atoms with Gasteiger partial charge in [-0.05, 0) is 12.1 Å². The minimum absolute atomic E-state index is 0.109. The molecule has 0 aliphatic rings. The minimum atomic E-state index is -1.21. The molecule has 0 fully saturated rings. The topological polar surface area (TPSA) is 58.2 Å². The van der Waals surface area contributed by atoms with Gasteiger partial charge in [-0.15, -0.1) is 6.58 Å². The molecule has 0 saturated carbocycles. The van der Waals surface area contributed by atoms with Crippen LogP contribution < -0.4 is 10.6 Å². The summed E-state index contributed by atoms with van der Waals surface area (Å²) in [6, 6.07) is 3.27. The number of benzene rings is 1. The number of nitrogens with one attached hydrogen (secondary N) is 2. The van der Waals surface area contributed by atoms with Crippen LogP contribution in [0.3, 0.4) is 0 Å². The van der Waals surface area contributed by atoms with E-state index in [-0.39, 0.29) is 12.2 Å². The molecular weight excluding hydrogens is 230 g/mol. The highest BCUT2D eigenvalue weighted by molar-refractivity contribution is 6.39. The van der Waals surface area contributed by atoms with Gasteiger partial charge in [0.1, 0.15) is 0 Å². The summed E-state index contributed by atoms with van der Waals surface area (Å²) in [4.78, 5) is 22.4. The van der Waals surface area contributed by atoms with E-state index < -0.39 is 23.4 Å². The van der Waals surface area contributed by atoms with Gasteiger partial charge in [0, 0.05) is 6.54 Å². The summed E-state index contributed by atoms with van der Waals surface area (Å²) in [7, 11) is 0. The lowest BCUT2D eigenvalue weighted by Gasteiger charge is -2.06. The Hall–Kier alpha value is -2.24. The van der Waals surface area contributed by atoms with E-state index in [1.807, 2.05) is 5.32 Å². The molecule has 17 heavy (non-hydrogen) atoms. The number of amides is 2. The molecular formula is C11H10F2N2O2. The Labute approximate surface area is 96.3 Å². The number of hydrogen-bond acceptors (Lipinski definition) is 2. The van der Waals surface area contributed by atoms with Crippen LogP contribution in [0, 0.1) is 11.6 Å². The van der Waals surface area contributed by atoms with Crippen molar-refractivity contribution < 1.29 is 18.4 Å². The van der Waals surface area contributed by atoms with Crippen molar-refractivity contribution in [2.75, 3.05) is 11.9 Å². The summed E-state index contributed by atoms with van der Waals surface area (Å²) in [5, 5.41) is 4.16. The van der Waals surface area contributed by atoms with Crippen molar-refractivity contribution in [3.8, 4) is 0 Å². The van der Waals surface area contributed by atoms with Crippen molar-refractivity contribution in [1.82, 2.24) is 5.32 Å². The summed E-state index contributed by atoms with van der Waals surface area (Å²) < 4.78 is 25.9. The standard InChI is InChI=1S/C11H10F2N2O2/c1-2-6-14-10(16)11(17)15-8-5-3-4-7(12)9(8)13/h2-5H,1,6H2,(H,14,16)(H,15,17). The number of anilines is 1. The van der Waals surface area contributed by atoms with Gasteiger partial charge in [-0.25, -0.2) is 8.78 Å². The fraction of sp³-hybridized carbons (Fsp3) is 0.0909. The molecule has 1 aromatic carbocycles. The van der Waals surface area contributed by atoms with Gasteiger partial charge in [0.05, 0.1) is 5.69 Å². The average molecular weight is 240 g/mol. The molecule has 0 radical (unpaired) electrons. The van der Waals surface area contributed by atoms with Crippen molar-refractivity contribution in [2.24, 2.45) is 0 Å². The molecule has 90 valence electrons. The van der Waals surface area contributed by atoms with E-state index in [9.17, 15) is 18.4 Å². The Morgan fingerprint density at radius 1 is 1.29 bits per heavy atom. The zero-order valence-electron chi connectivity index (χ0n) is 8.80. The second-order valence-corrected chi connectivity index (χ2v) is 3.05. The number of carbonyl (C=O) groups is 2. The van der Waals surface area contributed by atoms with Crippen LogP contribution >= 0.6 is 0 Å². The third-order valence-electron chi connectivity index (χ3n) is 1.81. The van der Waals surface area contributed by atoms with Gasteiger partial charge in [-0.2, -0.15) is 0 Å². The molecule has 0 bridgehead atoms. The zero-order chi connectivity index (χ0) is 12.8. The van der Waals surface area contributed by atoms with Crippen molar-refractivity contribution in [3.63, 3.8) is 0 Å². The lowest BCUT2D eigenvalue weighted by molar-refractivity contribution is -0.136. The second kappa shape index (κ2) is 5.74. The fourth-order valence-corrected chi connectivity index (χ4v) is 1.02. The third kappa shape index (κ3) is 3.37. The van der Waals surface area contributed by atoms with E-state index in [0.29, 0.717) is 0 Å². The van der Waals surface area contributed by atoms with E-state index in [4.69, 9.17) is 0 Å². The molecule has 2 N–H and O–H groups in total. The molecule has 2 amide bonds. The van der Waals surface area contributed by atoms with Crippen LogP contribution in [-0.4, -0.2) is 18.4 Å². The molecule has 6 heteroatoms. The minimum Gasteiger partial charge on any atom is -0.344 e. The van der Waals surface area contributed by atoms with E-state index >= 15 is 0 Å². The van der Waals surface area contributed by atoms with Crippen molar-refractivity contribution >= 4 is 17.5 Å². The third-order valence-corrected chi connectivity index (χ3v) is 1.81. The number of hydrogen-bond donors (Lipinski definition) is 2. The first-order valence-corrected chi connectivity index (χ1v) is 4.70. The molecule has 0 atom stereocenters. The maximum atomic E-state index is 13.1. The normalized spacial score (nSPS) is 9.53. The molecule has 1 aromatic rings. The summed E-state index contributed by atoms with van der Waals surface area (Å²) >= 11 is 0. The highest BCUT2D eigenvalue weighted by Gasteiger charge is 2.16. The predicted molar refractivity (Wildman–Crippen MR) is 58.2 cm³/mol. The van der Waals surface area contributed by atoms with Gasteiger partial charge in [-0.1, -0.05) is 12.1 Å². The molecule has 0 aliphatic heterocycles. The van der Waals surface area contributed by atoms with Gasteiger partial charge < -0.3 is 10.6 Å². The molecule has 0 unspecified atom stereocenters. The van der Waals surface area contributed by atoms with E-state index in [1.165, 1.54) is 12.1 Å². The summed E-state index contributed by atoms with van der Waals surface area (Å²) in [5.41, 5.74) is -0.385. The maximum Gasteiger partial charge on any atom is 0.313 e. The largest absolute Gasteiger partial charge is 0.344 e. The van der Waals surface area contributed by atoms with Gasteiger partial charge in [0.25, 0.3) is 0 Å². The first-order chi connectivity index (χ1) is 8.06. The van der Waals surface area contributed by atoms with Crippen LogP contribution in [0.5, 0.6) is 0 Å². The fourth-order valence-electron chi connectivity index (χ4n) is 1.02. The second-order valence-electron chi connectivity index (χ2n) is 3.05. The lowest BCUT2D eigenvalue weighted by atomic mass is 10.3. The first-order valence-electron chi connectivity index (χ1n) is 4.70. The Morgan fingerprint density at radius 3 is 2.65 bits per heavy atom. The van der Waals surface area contributed by atoms with Crippen LogP contribution in [0.1, 0.15) is 0 Å². The average Bonchev–Trinajstić information content (AvgIpc) is 2.31. The molecule has 0 heterocycles. The van der Waals surface area contributed by atoms with Gasteiger partial charge >= 0.3 is 11.8 Å². The van der Waals surface area contributed by atoms with Crippen molar-refractivity contribution in [2.45, 2.75) is 0 Å². The SMILES string of the molecule is C=CCNC(=O)C(=O)Nc1cccc(F)c1F. The first kappa shape index (κ1) is 12.8. The van der Waals surface area contributed by atoms with Gasteiger partial charge in [-0.3, -0.25) is 9.59 Å².